The van der Waals surface area contributed by atoms with Crippen LogP contribution in [0.4, 0.5) is 0 Å². The fraction of sp³-hybridized carbons (Fsp3) is 0.643. The van der Waals surface area contributed by atoms with Gasteiger partial charge >= 0.3 is 0 Å². The van der Waals surface area contributed by atoms with Crippen molar-refractivity contribution < 1.29 is 13.2 Å². The summed E-state index contributed by atoms with van der Waals surface area (Å²) in [6.45, 7) is 3.91. The third-order valence-corrected chi connectivity index (χ3v) is 6.03. The quantitative estimate of drug-likeness (QED) is 0.822. The number of thiophene rings is 1. The average molecular weight is 330 g/mol. The van der Waals surface area contributed by atoms with Gasteiger partial charge in [-0.3, -0.25) is 4.79 Å². The molecule has 0 bridgehead atoms. The van der Waals surface area contributed by atoms with Gasteiger partial charge in [-0.25, -0.2) is 8.42 Å². The second-order valence-electron chi connectivity index (χ2n) is 5.41. The van der Waals surface area contributed by atoms with Crippen LogP contribution in [0.2, 0.25) is 0 Å². The monoisotopic (exact) mass is 330 g/mol. The molecule has 0 N–H and O–H groups in total. The van der Waals surface area contributed by atoms with E-state index in [0.29, 0.717) is 32.6 Å². The molecule has 0 radical (unpaired) electrons. The van der Waals surface area contributed by atoms with Crippen LogP contribution in [0.5, 0.6) is 0 Å². The van der Waals surface area contributed by atoms with E-state index in [4.69, 9.17) is 0 Å². The molecule has 1 saturated heterocycles. The Morgan fingerprint density at radius 3 is 2.43 bits per heavy atom. The Kier molecular flexibility index (Phi) is 5.40. The maximum Gasteiger partial charge on any atom is 0.222 e. The van der Waals surface area contributed by atoms with Crippen LogP contribution in [-0.2, 0) is 21.2 Å². The molecule has 5 nitrogen and oxygen atoms in total. The topological polar surface area (TPSA) is 57.7 Å². The van der Waals surface area contributed by atoms with E-state index in [1.165, 1.54) is 20.3 Å². The van der Waals surface area contributed by atoms with Crippen LogP contribution in [0.1, 0.15) is 22.6 Å². The van der Waals surface area contributed by atoms with Crippen LogP contribution >= 0.6 is 11.3 Å². The van der Waals surface area contributed by atoms with Gasteiger partial charge in [-0.2, -0.15) is 4.31 Å². The molecule has 0 atom stereocenters. The Labute approximate surface area is 130 Å². The summed E-state index contributed by atoms with van der Waals surface area (Å²) in [6, 6.07) is 4.22. The first-order valence-electron chi connectivity index (χ1n) is 7.14. The summed E-state index contributed by atoms with van der Waals surface area (Å²) in [6.07, 6.45) is 3.54. The van der Waals surface area contributed by atoms with Crippen molar-refractivity contribution in [3.8, 4) is 0 Å². The predicted molar refractivity (Wildman–Crippen MR) is 85.0 cm³/mol. The van der Waals surface area contributed by atoms with Gasteiger partial charge in [0.1, 0.15) is 0 Å². The lowest BCUT2D eigenvalue weighted by atomic mass is 10.2. The first-order chi connectivity index (χ1) is 9.86. The summed E-state index contributed by atoms with van der Waals surface area (Å²) in [5.74, 6) is 0.136. The Bertz CT molecular complexity index is 587. The van der Waals surface area contributed by atoms with Crippen molar-refractivity contribution >= 4 is 27.3 Å². The summed E-state index contributed by atoms with van der Waals surface area (Å²) in [5.41, 5.74) is 0. The lowest BCUT2D eigenvalue weighted by Gasteiger charge is -2.33. The zero-order valence-electron chi connectivity index (χ0n) is 12.5. The molecule has 1 aromatic heterocycles. The van der Waals surface area contributed by atoms with Crippen molar-refractivity contribution in [3.05, 3.63) is 21.9 Å². The Balaban J connectivity index is 1.72. The van der Waals surface area contributed by atoms with Crippen molar-refractivity contribution in [2.24, 2.45) is 0 Å². The van der Waals surface area contributed by atoms with E-state index in [-0.39, 0.29) is 5.91 Å². The molecule has 0 spiro atoms. The van der Waals surface area contributed by atoms with Gasteiger partial charge in [-0.1, -0.05) is 0 Å². The lowest BCUT2D eigenvalue weighted by Crippen LogP contribution is -2.50. The minimum absolute atomic E-state index is 0.136. The standard InChI is InChI=1S/C14H22N2O3S2/c1-12-6-7-13(20-12)4-3-5-14(17)15-8-10-16(11-9-15)21(2,18)19/h6-7H,3-5,8-11H2,1-2H3. The molecule has 1 fully saturated rings. The molecule has 0 saturated carbocycles. The maximum absolute atomic E-state index is 12.1. The van der Waals surface area contributed by atoms with Crippen molar-refractivity contribution in [2.75, 3.05) is 32.4 Å². The van der Waals surface area contributed by atoms with Gasteiger partial charge < -0.3 is 4.90 Å². The number of hydrogen-bond acceptors (Lipinski definition) is 4. The van der Waals surface area contributed by atoms with Crippen molar-refractivity contribution in [3.63, 3.8) is 0 Å². The fourth-order valence-corrected chi connectivity index (χ4v) is 4.22. The number of carbonyl (C=O) groups is 1. The third kappa shape index (κ3) is 4.79. The number of piperazine rings is 1. The predicted octanol–water partition coefficient (Wildman–Crippen LogP) is 1.48. The maximum atomic E-state index is 12.1. The van der Waals surface area contributed by atoms with Crippen molar-refractivity contribution in [1.29, 1.82) is 0 Å². The van der Waals surface area contributed by atoms with Crippen LogP contribution in [0.15, 0.2) is 12.1 Å². The smallest absolute Gasteiger partial charge is 0.222 e. The molecule has 0 aromatic carbocycles. The Morgan fingerprint density at radius 2 is 1.90 bits per heavy atom. The molecule has 1 aromatic rings. The van der Waals surface area contributed by atoms with Gasteiger partial charge in [-0.15, -0.1) is 11.3 Å². The van der Waals surface area contributed by atoms with Gasteiger partial charge in [0.25, 0.3) is 0 Å². The minimum Gasteiger partial charge on any atom is -0.340 e. The first kappa shape index (κ1) is 16.5. The Morgan fingerprint density at radius 1 is 1.24 bits per heavy atom. The van der Waals surface area contributed by atoms with Crippen LogP contribution in [-0.4, -0.2) is 56.0 Å². The first-order valence-corrected chi connectivity index (χ1v) is 9.81. The highest BCUT2D eigenvalue weighted by molar-refractivity contribution is 7.88. The van der Waals surface area contributed by atoms with Gasteiger partial charge in [0.05, 0.1) is 6.26 Å². The molecule has 0 unspecified atom stereocenters. The van der Waals surface area contributed by atoms with Crippen LogP contribution in [0.3, 0.4) is 0 Å². The molecule has 21 heavy (non-hydrogen) atoms. The molecule has 7 heteroatoms. The molecule has 118 valence electrons. The fourth-order valence-electron chi connectivity index (χ4n) is 2.46. The van der Waals surface area contributed by atoms with E-state index in [2.05, 4.69) is 19.1 Å². The van der Waals surface area contributed by atoms with Gasteiger partial charge in [-0.05, 0) is 31.9 Å². The molecular weight excluding hydrogens is 308 g/mol. The van der Waals surface area contributed by atoms with E-state index in [1.807, 2.05) is 0 Å². The van der Waals surface area contributed by atoms with Crippen molar-refractivity contribution in [2.45, 2.75) is 26.2 Å². The number of hydrogen-bond donors (Lipinski definition) is 0. The van der Waals surface area contributed by atoms with E-state index in [9.17, 15) is 13.2 Å². The lowest BCUT2D eigenvalue weighted by molar-refractivity contribution is -0.132. The van der Waals surface area contributed by atoms with Crippen LogP contribution < -0.4 is 0 Å². The summed E-state index contributed by atoms with van der Waals surface area (Å²) in [5, 5.41) is 0. The van der Waals surface area contributed by atoms with E-state index >= 15 is 0 Å². The minimum atomic E-state index is -3.13. The number of amides is 1. The van der Waals surface area contributed by atoms with E-state index < -0.39 is 10.0 Å². The molecule has 1 aliphatic rings. The van der Waals surface area contributed by atoms with Crippen molar-refractivity contribution in [1.82, 2.24) is 9.21 Å². The second kappa shape index (κ2) is 6.89. The number of nitrogens with zero attached hydrogens (tertiary/aromatic N) is 2. The summed E-state index contributed by atoms with van der Waals surface area (Å²) in [7, 11) is -3.13. The summed E-state index contributed by atoms with van der Waals surface area (Å²) < 4.78 is 24.3. The largest absolute Gasteiger partial charge is 0.340 e. The third-order valence-electron chi connectivity index (χ3n) is 3.67. The number of carbonyl (C=O) groups excluding carboxylic acids is 1. The van der Waals surface area contributed by atoms with E-state index in [1.54, 1.807) is 16.2 Å². The molecule has 2 heterocycles. The molecule has 1 amide bonds. The number of rotatable bonds is 5. The van der Waals surface area contributed by atoms with E-state index in [0.717, 1.165) is 12.8 Å². The SMILES string of the molecule is Cc1ccc(CCCC(=O)N2CCN(S(C)(=O)=O)CC2)s1. The highest BCUT2D eigenvalue weighted by Gasteiger charge is 2.25. The van der Waals surface area contributed by atoms with Crippen LogP contribution in [0, 0.1) is 6.92 Å². The molecule has 2 rings (SSSR count). The molecule has 0 aliphatic carbocycles. The number of aryl methyl sites for hydroxylation is 2. The van der Waals surface area contributed by atoms with Gasteiger partial charge in [0.2, 0.25) is 15.9 Å². The van der Waals surface area contributed by atoms with Gasteiger partial charge in [0, 0.05) is 42.4 Å². The zero-order chi connectivity index (χ0) is 15.5. The molecular formula is C14H22N2O3S2. The summed E-state index contributed by atoms with van der Waals surface area (Å²) in [4.78, 5) is 16.5. The zero-order valence-corrected chi connectivity index (χ0v) is 14.2. The second-order valence-corrected chi connectivity index (χ2v) is 8.76. The van der Waals surface area contributed by atoms with Gasteiger partial charge in [0.15, 0.2) is 0 Å². The summed E-state index contributed by atoms with van der Waals surface area (Å²) >= 11 is 1.78. The highest BCUT2D eigenvalue weighted by Crippen LogP contribution is 2.17. The number of sulfonamides is 1. The highest BCUT2D eigenvalue weighted by atomic mass is 32.2. The Hall–Kier alpha value is -0.920. The van der Waals surface area contributed by atoms with Crippen LogP contribution in [0.25, 0.3) is 0 Å². The molecule has 1 aliphatic heterocycles. The normalized spacial score (nSPS) is 17.1. The average Bonchev–Trinajstić information content (AvgIpc) is 2.83.